The van der Waals surface area contributed by atoms with E-state index in [9.17, 15) is 19.2 Å². The van der Waals surface area contributed by atoms with E-state index in [1.165, 1.54) is 0 Å². The Hall–Kier alpha value is -2.53. The Kier molecular flexibility index (Phi) is 13.4. The Morgan fingerprint density at radius 2 is 1.81 bits per heavy atom. The average molecular weight is 619 g/mol. The molecule has 4 heterocycles. The Morgan fingerprint density at radius 3 is 2.49 bits per heavy atom. The van der Waals surface area contributed by atoms with Crippen LogP contribution in [0.1, 0.15) is 114 Å². The number of rotatable bonds is 8. The van der Waals surface area contributed by atoms with E-state index in [1.54, 1.807) is 11.3 Å². The molecule has 43 heavy (non-hydrogen) atoms. The molecule has 0 spiro atoms. The fourth-order valence-electron chi connectivity index (χ4n) is 5.81. The quantitative estimate of drug-likeness (QED) is 0.330. The van der Waals surface area contributed by atoms with E-state index in [1.807, 2.05) is 46.4 Å². The zero-order chi connectivity index (χ0) is 31.6. The molecule has 1 aromatic rings. The van der Waals surface area contributed by atoms with E-state index >= 15 is 0 Å². The van der Waals surface area contributed by atoms with Crippen LogP contribution in [0.25, 0.3) is 0 Å². The summed E-state index contributed by atoms with van der Waals surface area (Å²) >= 11 is 1.65. The highest BCUT2D eigenvalue weighted by atomic mass is 32.1. The summed E-state index contributed by atoms with van der Waals surface area (Å²) in [7, 11) is 0. The minimum atomic E-state index is -0.307. The molecule has 4 rings (SSSR count). The first-order valence-corrected chi connectivity index (χ1v) is 17.0. The fourth-order valence-corrected chi connectivity index (χ4v) is 6.92. The number of piperidine rings is 1. The van der Waals surface area contributed by atoms with Crippen LogP contribution >= 0.6 is 11.3 Å². The standard InChI is InChI=1S/C32H54N6O4S/c1-21(2)35-25-11-9-15-33-27(39)18-24(10-7-8-14-34-29(41)20-32(4,5)6)36-28(40)19-26-22(3)43-30(37-26)23-12-16-38(17-13-23)31(25)42/h21,23-25,35H,7-20H2,1-6H3,(H,33,39)(H,34,41)(H,36,40)/t24-,25-/m0/s1. The van der Waals surface area contributed by atoms with Gasteiger partial charge in [-0.3, -0.25) is 19.2 Å². The highest BCUT2D eigenvalue weighted by Gasteiger charge is 2.31. The number of thiazole rings is 1. The molecule has 1 fully saturated rings. The summed E-state index contributed by atoms with van der Waals surface area (Å²) in [5, 5.41) is 13.6. The zero-order valence-electron chi connectivity index (χ0n) is 27.1. The van der Waals surface area contributed by atoms with Crippen molar-refractivity contribution in [3.05, 3.63) is 15.6 Å². The number of aromatic nitrogens is 1. The van der Waals surface area contributed by atoms with E-state index in [0.717, 1.165) is 41.3 Å². The van der Waals surface area contributed by atoms with Crippen LogP contribution in [-0.4, -0.2) is 77.8 Å². The number of unbranched alkanes of at least 4 members (excludes halogenated alkanes) is 1. The zero-order valence-corrected chi connectivity index (χ0v) is 28.0. The van der Waals surface area contributed by atoms with Gasteiger partial charge in [-0.25, -0.2) is 4.98 Å². The number of amides is 4. The molecule has 1 saturated heterocycles. The Labute approximate surface area is 261 Å². The van der Waals surface area contributed by atoms with Gasteiger partial charge in [0, 0.05) is 61.9 Å². The van der Waals surface area contributed by atoms with E-state index in [0.29, 0.717) is 57.8 Å². The van der Waals surface area contributed by atoms with Gasteiger partial charge in [-0.15, -0.1) is 11.3 Å². The third-order valence-corrected chi connectivity index (χ3v) is 9.18. The molecular weight excluding hydrogens is 564 g/mol. The van der Waals surface area contributed by atoms with Gasteiger partial charge in [-0.05, 0) is 57.3 Å². The SMILES string of the molecule is Cc1sc2nc1CC(=O)N[C@@H](CCCCNC(=O)CC(C)(C)C)CC(=O)NCCC[C@H](NC(C)C)C(=O)N1CCC2CC1. The van der Waals surface area contributed by atoms with Gasteiger partial charge in [-0.2, -0.15) is 0 Å². The highest BCUT2D eigenvalue weighted by Crippen LogP contribution is 2.33. The first kappa shape index (κ1) is 35.0. The van der Waals surface area contributed by atoms with Crippen LogP contribution in [0.15, 0.2) is 0 Å². The molecule has 11 heteroatoms. The Morgan fingerprint density at radius 1 is 1.09 bits per heavy atom. The molecule has 2 atom stereocenters. The normalized spacial score (nSPS) is 22.9. The van der Waals surface area contributed by atoms with E-state index in [-0.39, 0.29) is 60.0 Å². The smallest absolute Gasteiger partial charge is 0.239 e. The maximum atomic E-state index is 13.4. The number of aryl methyl sites for hydroxylation is 1. The number of carbonyl (C=O) groups excluding carboxylic acids is 4. The molecule has 0 radical (unpaired) electrons. The first-order chi connectivity index (χ1) is 20.3. The summed E-state index contributed by atoms with van der Waals surface area (Å²) in [4.78, 5) is 59.5. The van der Waals surface area contributed by atoms with Gasteiger partial charge in [0.2, 0.25) is 23.6 Å². The molecule has 242 valence electrons. The van der Waals surface area contributed by atoms with Crippen molar-refractivity contribution in [2.24, 2.45) is 5.41 Å². The Bertz CT molecular complexity index is 1090. The lowest BCUT2D eigenvalue weighted by atomic mass is 9.92. The molecule has 1 aromatic heterocycles. The third-order valence-electron chi connectivity index (χ3n) is 8.01. The van der Waals surface area contributed by atoms with Gasteiger partial charge in [0.15, 0.2) is 0 Å². The van der Waals surface area contributed by atoms with Gasteiger partial charge >= 0.3 is 0 Å². The van der Waals surface area contributed by atoms with Crippen molar-refractivity contribution in [3.63, 3.8) is 0 Å². The van der Waals surface area contributed by atoms with Crippen molar-refractivity contribution in [2.45, 2.75) is 130 Å². The molecule has 3 aliphatic heterocycles. The number of hydrogen-bond donors (Lipinski definition) is 4. The molecule has 3 aliphatic rings. The van der Waals surface area contributed by atoms with Crippen LogP contribution < -0.4 is 21.3 Å². The number of fused-ring (bicyclic) bond motifs is 13. The molecule has 4 N–H and O–H groups in total. The summed E-state index contributed by atoms with van der Waals surface area (Å²) in [6.07, 6.45) is 6.10. The predicted octanol–water partition coefficient (Wildman–Crippen LogP) is 3.57. The van der Waals surface area contributed by atoms with Crippen molar-refractivity contribution in [1.82, 2.24) is 31.2 Å². The van der Waals surface area contributed by atoms with Crippen LogP contribution in [0.4, 0.5) is 0 Å². The maximum Gasteiger partial charge on any atom is 0.239 e. The van der Waals surface area contributed by atoms with Crippen LogP contribution in [0.3, 0.4) is 0 Å². The second-order valence-corrected chi connectivity index (χ2v) is 15.0. The number of hydrogen-bond acceptors (Lipinski definition) is 7. The minimum absolute atomic E-state index is 0.0444. The fraction of sp³-hybridized carbons (Fsp3) is 0.781. The number of carbonyl (C=O) groups is 4. The largest absolute Gasteiger partial charge is 0.356 e. The topological polar surface area (TPSA) is 133 Å². The summed E-state index contributed by atoms with van der Waals surface area (Å²) in [6.45, 7) is 14.7. The predicted molar refractivity (Wildman–Crippen MR) is 171 cm³/mol. The van der Waals surface area contributed by atoms with Crippen LogP contribution in [0.5, 0.6) is 0 Å². The average Bonchev–Trinajstić information content (AvgIpc) is 3.27. The molecule has 0 aromatic carbocycles. The maximum absolute atomic E-state index is 13.4. The van der Waals surface area contributed by atoms with Crippen molar-refractivity contribution < 1.29 is 19.2 Å². The van der Waals surface area contributed by atoms with Gasteiger partial charge < -0.3 is 26.2 Å². The van der Waals surface area contributed by atoms with Gasteiger partial charge in [0.05, 0.1) is 23.2 Å². The number of nitrogens with one attached hydrogen (secondary N) is 4. The Balaban J connectivity index is 1.66. The molecule has 4 amide bonds. The third kappa shape index (κ3) is 12.2. The van der Waals surface area contributed by atoms with E-state index < -0.39 is 0 Å². The van der Waals surface area contributed by atoms with E-state index in [2.05, 4.69) is 21.3 Å². The minimum Gasteiger partial charge on any atom is -0.356 e. The summed E-state index contributed by atoms with van der Waals surface area (Å²) in [5.74, 6) is 0.231. The van der Waals surface area contributed by atoms with Gasteiger partial charge in [0.1, 0.15) is 0 Å². The van der Waals surface area contributed by atoms with Gasteiger partial charge in [0.25, 0.3) is 0 Å². The van der Waals surface area contributed by atoms with Crippen molar-refractivity contribution in [1.29, 1.82) is 0 Å². The molecule has 10 nitrogen and oxygen atoms in total. The summed E-state index contributed by atoms with van der Waals surface area (Å²) in [5.41, 5.74) is 0.734. The molecule has 0 saturated carbocycles. The molecule has 0 unspecified atom stereocenters. The van der Waals surface area contributed by atoms with Crippen LogP contribution in [0, 0.1) is 12.3 Å². The second-order valence-electron chi connectivity index (χ2n) is 13.7. The van der Waals surface area contributed by atoms with Crippen molar-refractivity contribution in [2.75, 3.05) is 26.2 Å². The molecule has 4 bridgehead atoms. The lowest BCUT2D eigenvalue weighted by Gasteiger charge is -2.34. The summed E-state index contributed by atoms with van der Waals surface area (Å²) < 4.78 is 0. The number of nitrogens with zero attached hydrogens (tertiary/aromatic N) is 2. The van der Waals surface area contributed by atoms with Crippen LogP contribution in [-0.2, 0) is 25.6 Å². The first-order valence-electron chi connectivity index (χ1n) is 16.1. The van der Waals surface area contributed by atoms with Crippen molar-refractivity contribution in [3.8, 4) is 0 Å². The molecule has 0 aliphatic carbocycles. The van der Waals surface area contributed by atoms with Crippen molar-refractivity contribution >= 4 is 35.0 Å². The monoisotopic (exact) mass is 618 g/mol. The molecular formula is C32H54N6O4S. The lowest BCUT2D eigenvalue weighted by molar-refractivity contribution is -0.135. The lowest BCUT2D eigenvalue weighted by Crippen LogP contribution is -2.50. The highest BCUT2D eigenvalue weighted by molar-refractivity contribution is 7.11. The van der Waals surface area contributed by atoms with Crippen LogP contribution in [0.2, 0.25) is 0 Å². The van der Waals surface area contributed by atoms with Gasteiger partial charge in [-0.1, -0.05) is 34.6 Å². The van der Waals surface area contributed by atoms with E-state index in [4.69, 9.17) is 4.98 Å². The summed E-state index contributed by atoms with van der Waals surface area (Å²) in [6, 6.07) is -0.408. The second kappa shape index (κ2) is 16.5.